The molecule has 1 rings (SSSR count). The fourth-order valence-corrected chi connectivity index (χ4v) is 2.98. The second kappa shape index (κ2) is 6.22. The topological polar surface area (TPSA) is 12.0 Å². The Balaban J connectivity index is 2.49. The SMILES string of the molecule is CC(C)C(C)CNC1CCCCC1C(C)(C)C. The van der Waals surface area contributed by atoms with E-state index in [2.05, 4.69) is 46.9 Å². The zero-order valence-electron chi connectivity index (χ0n) is 12.8. The van der Waals surface area contributed by atoms with E-state index in [1.165, 1.54) is 32.2 Å². The molecule has 1 heteroatoms. The van der Waals surface area contributed by atoms with Gasteiger partial charge in [-0.1, -0.05) is 54.4 Å². The summed E-state index contributed by atoms with van der Waals surface area (Å²) >= 11 is 0. The summed E-state index contributed by atoms with van der Waals surface area (Å²) in [6.45, 7) is 15.4. The molecular formula is C16H33N. The molecule has 3 atom stereocenters. The van der Waals surface area contributed by atoms with Gasteiger partial charge in [-0.3, -0.25) is 0 Å². The highest BCUT2D eigenvalue weighted by Crippen LogP contribution is 2.38. The molecule has 0 saturated heterocycles. The Morgan fingerprint density at radius 1 is 1.06 bits per heavy atom. The van der Waals surface area contributed by atoms with Gasteiger partial charge in [0.2, 0.25) is 0 Å². The van der Waals surface area contributed by atoms with Gasteiger partial charge in [0, 0.05) is 6.04 Å². The second-order valence-corrected chi connectivity index (χ2v) is 7.49. The van der Waals surface area contributed by atoms with Gasteiger partial charge < -0.3 is 5.32 Å². The molecule has 0 aromatic carbocycles. The highest BCUT2D eigenvalue weighted by molar-refractivity contribution is 4.88. The summed E-state index contributed by atoms with van der Waals surface area (Å²) in [5, 5.41) is 3.86. The average Bonchev–Trinajstić information content (AvgIpc) is 2.24. The van der Waals surface area contributed by atoms with Crippen LogP contribution in [0.2, 0.25) is 0 Å². The van der Waals surface area contributed by atoms with Gasteiger partial charge in [0.15, 0.2) is 0 Å². The molecule has 1 saturated carbocycles. The van der Waals surface area contributed by atoms with Crippen LogP contribution in [0.1, 0.15) is 67.2 Å². The van der Waals surface area contributed by atoms with Gasteiger partial charge in [0.05, 0.1) is 0 Å². The molecule has 0 aliphatic heterocycles. The van der Waals surface area contributed by atoms with Crippen molar-refractivity contribution in [1.29, 1.82) is 0 Å². The molecule has 1 fully saturated rings. The molecule has 1 N–H and O–H groups in total. The first-order valence-electron chi connectivity index (χ1n) is 7.55. The lowest BCUT2D eigenvalue weighted by atomic mass is 9.69. The molecule has 1 aliphatic carbocycles. The summed E-state index contributed by atoms with van der Waals surface area (Å²) in [5.41, 5.74) is 0.457. The molecule has 0 aromatic rings. The van der Waals surface area contributed by atoms with Crippen molar-refractivity contribution in [2.75, 3.05) is 6.54 Å². The quantitative estimate of drug-likeness (QED) is 0.763. The first-order chi connectivity index (χ1) is 7.82. The fourth-order valence-electron chi connectivity index (χ4n) is 2.98. The molecule has 0 bridgehead atoms. The van der Waals surface area contributed by atoms with Crippen molar-refractivity contribution in [2.24, 2.45) is 23.2 Å². The van der Waals surface area contributed by atoms with E-state index in [9.17, 15) is 0 Å². The monoisotopic (exact) mass is 239 g/mol. The van der Waals surface area contributed by atoms with Crippen LogP contribution in [0.25, 0.3) is 0 Å². The maximum Gasteiger partial charge on any atom is 0.0100 e. The van der Waals surface area contributed by atoms with Crippen LogP contribution in [0, 0.1) is 23.2 Å². The lowest BCUT2D eigenvalue weighted by Crippen LogP contribution is -2.45. The van der Waals surface area contributed by atoms with Gasteiger partial charge in [-0.2, -0.15) is 0 Å². The molecular weight excluding hydrogens is 206 g/mol. The summed E-state index contributed by atoms with van der Waals surface area (Å²) in [6, 6.07) is 0.755. The maximum atomic E-state index is 3.86. The number of hydrogen-bond donors (Lipinski definition) is 1. The third-order valence-electron chi connectivity index (χ3n) is 4.72. The van der Waals surface area contributed by atoms with Crippen LogP contribution in [0.3, 0.4) is 0 Å². The number of nitrogens with one attached hydrogen (secondary N) is 1. The van der Waals surface area contributed by atoms with Crippen LogP contribution in [0.5, 0.6) is 0 Å². The van der Waals surface area contributed by atoms with Crippen LogP contribution < -0.4 is 5.32 Å². The normalized spacial score (nSPS) is 28.4. The molecule has 1 nitrogen and oxygen atoms in total. The van der Waals surface area contributed by atoms with Crippen molar-refractivity contribution in [1.82, 2.24) is 5.32 Å². The Bertz CT molecular complexity index is 214. The third-order valence-corrected chi connectivity index (χ3v) is 4.72. The number of hydrogen-bond acceptors (Lipinski definition) is 1. The van der Waals surface area contributed by atoms with Crippen LogP contribution in [0.4, 0.5) is 0 Å². The Labute approximate surface area is 109 Å². The summed E-state index contributed by atoms with van der Waals surface area (Å²) in [5.74, 6) is 2.44. The summed E-state index contributed by atoms with van der Waals surface area (Å²) in [7, 11) is 0. The number of rotatable bonds is 4. The highest BCUT2D eigenvalue weighted by atomic mass is 14.9. The van der Waals surface area contributed by atoms with E-state index in [1.54, 1.807) is 0 Å². The molecule has 0 radical (unpaired) electrons. The molecule has 3 unspecified atom stereocenters. The predicted octanol–water partition coefficient (Wildman–Crippen LogP) is 4.47. The van der Waals surface area contributed by atoms with Crippen LogP contribution in [-0.4, -0.2) is 12.6 Å². The lowest BCUT2D eigenvalue weighted by Gasteiger charge is -2.41. The van der Waals surface area contributed by atoms with Crippen molar-refractivity contribution in [3.63, 3.8) is 0 Å². The van der Waals surface area contributed by atoms with E-state index in [4.69, 9.17) is 0 Å². The van der Waals surface area contributed by atoms with E-state index in [0.29, 0.717) is 5.41 Å². The lowest BCUT2D eigenvalue weighted by molar-refractivity contribution is 0.126. The van der Waals surface area contributed by atoms with Crippen molar-refractivity contribution in [2.45, 2.75) is 73.3 Å². The fraction of sp³-hybridized carbons (Fsp3) is 1.00. The van der Waals surface area contributed by atoms with E-state index in [-0.39, 0.29) is 0 Å². The standard InChI is InChI=1S/C16H33N/c1-12(2)13(3)11-17-15-10-8-7-9-14(15)16(4,5)6/h12-15,17H,7-11H2,1-6H3. The summed E-state index contributed by atoms with van der Waals surface area (Å²) in [4.78, 5) is 0. The zero-order chi connectivity index (χ0) is 13.1. The summed E-state index contributed by atoms with van der Waals surface area (Å²) in [6.07, 6.45) is 5.64. The molecule has 17 heavy (non-hydrogen) atoms. The van der Waals surface area contributed by atoms with Crippen LogP contribution in [-0.2, 0) is 0 Å². The van der Waals surface area contributed by atoms with E-state index < -0.39 is 0 Å². The highest BCUT2D eigenvalue weighted by Gasteiger charge is 2.33. The van der Waals surface area contributed by atoms with Crippen molar-refractivity contribution >= 4 is 0 Å². The zero-order valence-corrected chi connectivity index (χ0v) is 12.8. The first kappa shape index (κ1) is 15.0. The third kappa shape index (κ3) is 4.62. The van der Waals surface area contributed by atoms with Crippen molar-refractivity contribution in [3.8, 4) is 0 Å². The van der Waals surface area contributed by atoms with E-state index >= 15 is 0 Å². The van der Waals surface area contributed by atoms with Crippen molar-refractivity contribution in [3.05, 3.63) is 0 Å². The Kier molecular flexibility index (Phi) is 5.50. The molecule has 0 amide bonds. The maximum absolute atomic E-state index is 3.86. The Hall–Kier alpha value is -0.0400. The predicted molar refractivity (Wildman–Crippen MR) is 77.2 cm³/mol. The Morgan fingerprint density at radius 2 is 1.65 bits per heavy atom. The van der Waals surface area contributed by atoms with Gasteiger partial charge >= 0.3 is 0 Å². The van der Waals surface area contributed by atoms with E-state index in [1.807, 2.05) is 0 Å². The molecule has 0 spiro atoms. The van der Waals surface area contributed by atoms with Crippen LogP contribution >= 0.6 is 0 Å². The minimum atomic E-state index is 0.457. The minimum Gasteiger partial charge on any atom is -0.313 e. The van der Waals surface area contributed by atoms with Gasteiger partial charge in [-0.05, 0) is 42.6 Å². The Morgan fingerprint density at radius 3 is 2.18 bits per heavy atom. The first-order valence-corrected chi connectivity index (χ1v) is 7.55. The minimum absolute atomic E-state index is 0.457. The molecule has 1 aliphatic rings. The largest absolute Gasteiger partial charge is 0.313 e. The van der Waals surface area contributed by atoms with Crippen molar-refractivity contribution < 1.29 is 0 Å². The van der Waals surface area contributed by atoms with Gasteiger partial charge in [-0.25, -0.2) is 0 Å². The molecule has 0 aromatic heterocycles. The molecule has 0 heterocycles. The molecule has 102 valence electrons. The van der Waals surface area contributed by atoms with Gasteiger partial charge in [-0.15, -0.1) is 0 Å². The summed E-state index contributed by atoms with van der Waals surface area (Å²) < 4.78 is 0. The smallest absolute Gasteiger partial charge is 0.0100 e. The second-order valence-electron chi connectivity index (χ2n) is 7.49. The van der Waals surface area contributed by atoms with Gasteiger partial charge in [0.25, 0.3) is 0 Å². The average molecular weight is 239 g/mol. The van der Waals surface area contributed by atoms with Gasteiger partial charge in [0.1, 0.15) is 0 Å². The van der Waals surface area contributed by atoms with Crippen LogP contribution in [0.15, 0.2) is 0 Å². The van der Waals surface area contributed by atoms with E-state index in [0.717, 1.165) is 23.8 Å².